The van der Waals surface area contributed by atoms with E-state index in [2.05, 4.69) is 18.6 Å². The lowest BCUT2D eigenvalue weighted by Crippen LogP contribution is -2.23. The first-order valence-corrected chi connectivity index (χ1v) is 4.38. The molecule has 0 saturated heterocycles. The molecule has 0 saturated carbocycles. The normalized spacial score (nSPS) is 12.1. The van der Waals surface area contributed by atoms with Crippen LogP contribution in [-0.4, -0.2) is 19.1 Å². The molecule has 0 fully saturated rings. The molecule has 0 rings (SSSR count). The molecule has 0 spiro atoms. The Hall–Kier alpha value is -0.280. The van der Waals surface area contributed by atoms with Crippen molar-refractivity contribution in [2.24, 2.45) is 11.7 Å². The van der Waals surface area contributed by atoms with Gasteiger partial charge >= 0.3 is 5.97 Å². The summed E-state index contributed by atoms with van der Waals surface area (Å²) >= 11 is 0. The summed E-state index contributed by atoms with van der Waals surface area (Å²) in [6.07, 6.45) is 2.13. The fourth-order valence-corrected chi connectivity index (χ4v) is 1.13. The Morgan fingerprint density at radius 2 is 2.00 bits per heavy atom. The average Bonchev–Trinajstić information content (AvgIpc) is 1.99. The SMILES string of the molecule is COC(=O)CCC(N)CC(C)C.Cl. The van der Waals surface area contributed by atoms with Crippen molar-refractivity contribution in [3.05, 3.63) is 0 Å². The van der Waals surface area contributed by atoms with Gasteiger partial charge in [0.15, 0.2) is 0 Å². The number of carbonyl (C=O) groups excluding carboxylic acids is 1. The highest BCUT2D eigenvalue weighted by Gasteiger charge is 2.08. The molecule has 0 aromatic heterocycles. The molecule has 80 valence electrons. The van der Waals surface area contributed by atoms with Crippen LogP contribution in [0.1, 0.15) is 33.1 Å². The van der Waals surface area contributed by atoms with Gasteiger partial charge in [0.2, 0.25) is 0 Å². The number of methoxy groups -OCH3 is 1. The van der Waals surface area contributed by atoms with E-state index in [4.69, 9.17) is 5.73 Å². The molecule has 1 unspecified atom stereocenters. The first kappa shape index (κ1) is 15.2. The van der Waals surface area contributed by atoms with Crippen LogP contribution >= 0.6 is 12.4 Å². The number of rotatable bonds is 5. The van der Waals surface area contributed by atoms with Crippen LogP contribution in [0.4, 0.5) is 0 Å². The monoisotopic (exact) mass is 209 g/mol. The molecule has 0 radical (unpaired) electrons. The molecular weight excluding hydrogens is 190 g/mol. The molecule has 1 atom stereocenters. The minimum Gasteiger partial charge on any atom is -0.469 e. The summed E-state index contributed by atoms with van der Waals surface area (Å²) in [6, 6.07) is 0.129. The van der Waals surface area contributed by atoms with Crippen molar-refractivity contribution in [1.82, 2.24) is 0 Å². The van der Waals surface area contributed by atoms with E-state index in [0.717, 1.165) is 12.8 Å². The zero-order chi connectivity index (χ0) is 9.56. The number of esters is 1. The first-order valence-electron chi connectivity index (χ1n) is 4.38. The van der Waals surface area contributed by atoms with Gasteiger partial charge in [0.1, 0.15) is 0 Å². The van der Waals surface area contributed by atoms with E-state index in [0.29, 0.717) is 12.3 Å². The Balaban J connectivity index is 0. The third kappa shape index (κ3) is 9.64. The number of carbonyl (C=O) groups is 1. The topological polar surface area (TPSA) is 52.3 Å². The van der Waals surface area contributed by atoms with E-state index < -0.39 is 0 Å². The maximum atomic E-state index is 10.7. The number of hydrogen-bond acceptors (Lipinski definition) is 3. The fraction of sp³-hybridized carbons (Fsp3) is 0.889. The second-order valence-corrected chi connectivity index (χ2v) is 3.50. The summed E-state index contributed by atoms with van der Waals surface area (Å²) in [5.41, 5.74) is 5.77. The highest BCUT2D eigenvalue weighted by Crippen LogP contribution is 2.07. The lowest BCUT2D eigenvalue weighted by Gasteiger charge is -2.12. The van der Waals surface area contributed by atoms with Gasteiger partial charge in [-0.3, -0.25) is 4.79 Å². The Labute approximate surface area is 86.4 Å². The molecule has 0 aromatic rings. The third-order valence-electron chi connectivity index (χ3n) is 1.72. The standard InChI is InChI=1S/C9H19NO2.ClH/c1-7(2)6-8(10)4-5-9(11)12-3;/h7-8H,4-6,10H2,1-3H3;1H. The van der Waals surface area contributed by atoms with Gasteiger partial charge in [0.05, 0.1) is 7.11 Å². The molecule has 0 bridgehead atoms. The zero-order valence-electron chi connectivity index (χ0n) is 8.58. The molecule has 2 N–H and O–H groups in total. The first-order chi connectivity index (χ1) is 5.56. The van der Waals surface area contributed by atoms with Gasteiger partial charge in [-0.15, -0.1) is 12.4 Å². The van der Waals surface area contributed by atoms with Gasteiger partial charge in [0.25, 0.3) is 0 Å². The summed E-state index contributed by atoms with van der Waals surface area (Å²) in [5, 5.41) is 0. The molecular formula is C9H20ClNO2. The highest BCUT2D eigenvalue weighted by molar-refractivity contribution is 5.85. The van der Waals surface area contributed by atoms with E-state index in [1.54, 1.807) is 0 Å². The molecule has 0 aliphatic rings. The number of halogens is 1. The van der Waals surface area contributed by atoms with E-state index in [1.807, 2.05) is 0 Å². The largest absolute Gasteiger partial charge is 0.469 e. The van der Waals surface area contributed by atoms with Crippen LogP contribution in [0.25, 0.3) is 0 Å². The predicted molar refractivity (Wildman–Crippen MR) is 55.9 cm³/mol. The van der Waals surface area contributed by atoms with Gasteiger partial charge in [0, 0.05) is 12.5 Å². The Morgan fingerprint density at radius 1 is 1.46 bits per heavy atom. The Morgan fingerprint density at radius 3 is 2.38 bits per heavy atom. The van der Waals surface area contributed by atoms with Crippen molar-refractivity contribution in [3.63, 3.8) is 0 Å². The lowest BCUT2D eigenvalue weighted by molar-refractivity contribution is -0.140. The van der Waals surface area contributed by atoms with Gasteiger partial charge in [-0.25, -0.2) is 0 Å². The molecule has 4 heteroatoms. The van der Waals surface area contributed by atoms with Crippen LogP contribution in [0.15, 0.2) is 0 Å². The summed E-state index contributed by atoms with van der Waals surface area (Å²) < 4.78 is 4.51. The third-order valence-corrected chi connectivity index (χ3v) is 1.72. The minimum atomic E-state index is -0.172. The summed E-state index contributed by atoms with van der Waals surface area (Å²) in [4.78, 5) is 10.7. The molecule has 0 aromatic carbocycles. The maximum absolute atomic E-state index is 10.7. The quantitative estimate of drug-likeness (QED) is 0.702. The van der Waals surface area contributed by atoms with Crippen molar-refractivity contribution >= 4 is 18.4 Å². The minimum absolute atomic E-state index is 0. The van der Waals surface area contributed by atoms with Crippen LogP contribution in [0.3, 0.4) is 0 Å². The fourth-order valence-electron chi connectivity index (χ4n) is 1.13. The molecule has 0 amide bonds. The summed E-state index contributed by atoms with van der Waals surface area (Å²) in [5.74, 6) is 0.423. The Kier molecular flexibility index (Phi) is 9.74. The smallest absolute Gasteiger partial charge is 0.305 e. The molecule has 0 aliphatic heterocycles. The van der Waals surface area contributed by atoms with Crippen molar-refractivity contribution in [2.45, 2.75) is 39.2 Å². The number of hydrogen-bond donors (Lipinski definition) is 1. The predicted octanol–water partition coefficient (Wildman–Crippen LogP) is 1.73. The maximum Gasteiger partial charge on any atom is 0.305 e. The Bertz CT molecular complexity index is 140. The van der Waals surface area contributed by atoms with Crippen LogP contribution in [0.5, 0.6) is 0 Å². The van der Waals surface area contributed by atoms with Gasteiger partial charge in [-0.05, 0) is 18.8 Å². The lowest BCUT2D eigenvalue weighted by atomic mass is 10.0. The average molecular weight is 210 g/mol. The van der Waals surface area contributed by atoms with Crippen molar-refractivity contribution in [2.75, 3.05) is 7.11 Å². The summed E-state index contributed by atoms with van der Waals surface area (Å²) in [7, 11) is 1.40. The van der Waals surface area contributed by atoms with Crippen molar-refractivity contribution in [3.8, 4) is 0 Å². The van der Waals surface area contributed by atoms with Crippen LogP contribution < -0.4 is 5.73 Å². The van der Waals surface area contributed by atoms with Crippen LogP contribution in [0.2, 0.25) is 0 Å². The van der Waals surface area contributed by atoms with E-state index >= 15 is 0 Å². The molecule has 0 aliphatic carbocycles. The van der Waals surface area contributed by atoms with E-state index in [9.17, 15) is 4.79 Å². The molecule has 3 nitrogen and oxygen atoms in total. The molecule has 13 heavy (non-hydrogen) atoms. The number of ether oxygens (including phenoxy) is 1. The van der Waals surface area contributed by atoms with Crippen molar-refractivity contribution < 1.29 is 9.53 Å². The second-order valence-electron chi connectivity index (χ2n) is 3.50. The van der Waals surface area contributed by atoms with Crippen LogP contribution in [-0.2, 0) is 9.53 Å². The van der Waals surface area contributed by atoms with Gasteiger partial charge < -0.3 is 10.5 Å². The molecule has 0 heterocycles. The van der Waals surface area contributed by atoms with Crippen LogP contribution in [0, 0.1) is 5.92 Å². The second kappa shape index (κ2) is 8.32. The number of nitrogens with two attached hydrogens (primary N) is 1. The summed E-state index contributed by atoms with van der Waals surface area (Å²) in [6.45, 7) is 4.25. The van der Waals surface area contributed by atoms with Crippen molar-refractivity contribution in [1.29, 1.82) is 0 Å². The van der Waals surface area contributed by atoms with E-state index in [-0.39, 0.29) is 24.4 Å². The van der Waals surface area contributed by atoms with E-state index in [1.165, 1.54) is 7.11 Å². The van der Waals surface area contributed by atoms with Gasteiger partial charge in [-0.1, -0.05) is 13.8 Å². The van der Waals surface area contributed by atoms with Gasteiger partial charge in [-0.2, -0.15) is 0 Å². The highest BCUT2D eigenvalue weighted by atomic mass is 35.5. The zero-order valence-corrected chi connectivity index (χ0v) is 9.39.